The van der Waals surface area contributed by atoms with Gasteiger partial charge in [-0.3, -0.25) is 4.79 Å². The van der Waals surface area contributed by atoms with E-state index in [4.69, 9.17) is 5.26 Å². The molecule has 0 aliphatic rings. The fourth-order valence-electron chi connectivity index (χ4n) is 2.91. The number of alkyl halides is 2. The van der Waals surface area contributed by atoms with Crippen molar-refractivity contribution in [2.45, 2.75) is 19.9 Å². The Kier molecular flexibility index (Phi) is 7.04. The molecule has 3 rings (SSSR count). The Hall–Kier alpha value is -3.43. The van der Waals surface area contributed by atoms with E-state index >= 15 is 0 Å². The van der Waals surface area contributed by atoms with E-state index in [9.17, 15) is 26.4 Å². The molecule has 172 valence electrons. The molecule has 0 saturated carbocycles. The molecule has 0 radical (unpaired) electrons. The monoisotopic (exact) mass is 494 g/mol. The predicted molar refractivity (Wildman–Crippen MR) is 118 cm³/mol. The molecule has 0 aliphatic carbocycles. The number of anilines is 2. The fourth-order valence-corrected chi connectivity index (χ4v) is 4.27. The Balaban J connectivity index is 2.04. The van der Waals surface area contributed by atoms with Crippen molar-refractivity contribution in [2.75, 3.05) is 11.2 Å². The van der Waals surface area contributed by atoms with Crippen LogP contribution in [0.2, 0.25) is 0 Å². The van der Waals surface area contributed by atoms with Gasteiger partial charge in [0.05, 0.1) is 24.4 Å². The molecule has 12 heteroatoms. The molecule has 2 aromatic carbocycles. The minimum absolute atomic E-state index is 0.0961. The zero-order valence-corrected chi connectivity index (χ0v) is 19.0. The van der Waals surface area contributed by atoms with E-state index in [2.05, 4.69) is 4.98 Å². The first-order valence-electron chi connectivity index (χ1n) is 9.32. The Labute approximate surface area is 192 Å². The molecule has 0 unspecified atom stereocenters. The maximum Gasteiger partial charge on any atom is 0.284 e. The molecular formula is C21H17F3N4O3S2. The minimum atomic E-state index is -3.81. The largest absolute Gasteiger partial charge is 0.313 e. The van der Waals surface area contributed by atoms with E-state index in [-0.39, 0.29) is 22.9 Å². The number of sulfonamides is 1. The van der Waals surface area contributed by atoms with Crippen LogP contribution in [0.1, 0.15) is 38.5 Å². The Morgan fingerprint density at radius 1 is 1.24 bits per heavy atom. The van der Waals surface area contributed by atoms with Crippen LogP contribution < -0.4 is 9.62 Å². The summed E-state index contributed by atoms with van der Waals surface area (Å²) in [5.41, 5.74) is 0.405. The van der Waals surface area contributed by atoms with E-state index in [0.29, 0.717) is 16.1 Å². The average Bonchev–Trinajstić information content (AvgIpc) is 3.13. The van der Waals surface area contributed by atoms with E-state index in [0.717, 1.165) is 29.7 Å². The third-order valence-electron chi connectivity index (χ3n) is 4.48. The quantitative estimate of drug-likeness (QED) is 0.521. The van der Waals surface area contributed by atoms with Gasteiger partial charge in [0.2, 0.25) is 10.0 Å². The van der Waals surface area contributed by atoms with Crippen LogP contribution in [0.25, 0.3) is 0 Å². The fraction of sp³-hybridized carbons (Fsp3) is 0.190. The van der Waals surface area contributed by atoms with E-state index in [1.807, 2.05) is 10.8 Å². The van der Waals surface area contributed by atoms with Gasteiger partial charge in [0.1, 0.15) is 11.5 Å². The number of nitriles is 1. The second-order valence-electron chi connectivity index (χ2n) is 7.00. The van der Waals surface area contributed by atoms with Gasteiger partial charge in [-0.1, -0.05) is 12.1 Å². The summed E-state index contributed by atoms with van der Waals surface area (Å²) in [4.78, 5) is 18.5. The van der Waals surface area contributed by atoms with Crippen molar-refractivity contribution in [3.05, 3.63) is 75.5 Å². The van der Waals surface area contributed by atoms with Crippen molar-refractivity contribution in [1.82, 2.24) is 9.71 Å². The summed E-state index contributed by atoms with van der Waals surface area (Å²) in [5.74, 6) is -1.75. The van der Waals surface area contributed by atoms with Crippen LogP contribution in [-0.4, -0.2) is 25.6 Å². The number of aromatic nitrogens is 1. The first-order chi connectivity index (χ1) is 15.5. The topological polar surface area (TPSA) is 103 Å². The van der Waals surface area contributed by atoms with Gasteiger partial charge in [-0.15, -0.1) is 11.3 Å². The molecule has 1 aromatic heterocycles. The second kappa shape index (κ2) is 9.60. The molecule has 0 atom stereocenters. The molecule has 0 aliphatic heterocycles. The lowest BCUT2D eigenvalue weighted by molar-refractivity contribution is 0.0977. The van der Waals surface area contributed by atoms with Crippen LogP contribution in [0.15, 0.2) is 42.5 Å². The molecule has 1 amide bonds. The van der Waals surface area contributed by atoms with Crippen molar-refractivity contribution >= 4 is 38.1 Å². The molecule has 33 heavy (non-hydrogen) atoms. The molecule has 1 N–H and O–H groups in total. The van der Waals surface area contributed by atoms with Crippen LogP contribution in [0.3, 0.4) is 0 Å². The summed E-state index contributed by atoms with van der Waals surface area (Å²) in [7, 11) is -3.81. The number of amides is 1. The normalized spacial score (nSPS) is 11.3. The number of thiazole rings is 1. The van der Waals surface area contributed by atoms with Gasteiger partial charge < -0.3 is 4.90 Å². The molecule has 0 fully saturated rings. The summed E-state index contributed by atoms with van der Waals surface area (Å²) in [6.07, 6.45) is -1.98. The van der Waals surface area contributed by atoms with Gasteiger partial charge in [-0.2, -0.15) is 5.26 Å². The van der Waals surface area contributed by atoms with Crippen LogP contribution in [0, 0.1) is 24.1 Å². The van der Waals surface area contributed by atoms with Gasteiger partial charge in [-0.25, -0.2) is 31.3 Å². The van der Waals surface area contributed by atoms with Crippen molar-refractivity contribution in [2.24, 2.45) is 0 Å². The average molecular weight is 495 g/mol. The second-order valence-corrected chi connectivity index (χ2v) is 9.93. The van der Waals surface area contributed by atoms with Crippen LogP contribution in [0.4, 0.5) is 24.0 Å². The van der Waals surface area contributed by atoms with E-state index in [1.54, 1.807) is 19.1 Å². The number of carbonyl (C=O) groups excluding carboxylic acids is 1. The third kappa shape index (κ3) is 5.88. The summed E-state index contributed by atoms with van der Waals surface area (Å²) in [5, 5.41) is 9.29. The van der Waals surface area contributed by atoms with Gasteiger partial charge in [0, 0.05) is 21.7 Å². The molecule has 3 aromatic rings. The number of rotatable bonds is 7. The highest BCUT2D eigenvalue weighted by molar-refractivity contribution is 7.89. The number of nitrogens with zero attached hydrogens (tertiary/aromatic N) is 3. The number of aryl methyl sites for hydroxylation is 1. The Morgan fingerprint density at radius 3 is 2.45 bits per heavy atom. The highest BCUT2D eigenvalue weighted by Crippen LogP contribution is 2.34. The zero-order valence-electron chi connectivity index (χ0n) is 17.3. The predicted octanol–water partition coefficient (Wildman–Crippen LogP) is 4.43. The molecular weight excluding hydrogens is 477 g/mol. The number of benzene rings is 2. The maximum atomic E-state index is 14.6. The number of carbonyl (C=O) groups is 1. The summed E-state index contributed by atoms with van der Waals surface area (Å²) in [6.45, 7) is 1.45. The zero-order chi connectivity index (χ0) is 24.3. The van der Waals surface area contributed by atoms with Gasteiger partial charge in [0.25, 0.3) is 12.3 Å². The lowest BCUT2D eigenvalue weighted by Gasteiger charge is -2.22. The first kappa shape index (κ1) is 24.2. The SMILES string of the molecule is Cc1sc(N(Cc2ccc(C(F)F)cc2F)c2ccc(C#N)cc2)nc1C(=O)NS(C)(=O)=O. The molecule has 0 saturated heterocycles. The van der Waals surface area contributed by atoms with Gasteiger partial charge >= 0.3 is 0 Å². The van der Waals surface area contributed by atoms with Crippen LogP contribution in [0.5, 0.6) is 0 Å². The van der Waals surface area contributed by atoms with Crippen LogP contribution >= 0.6 is 11.3 Å². The van der Waals surface area contributed by atoms with Gasteiger partial charge in [-0.05, 0) is 37.3 Å². The van der Waals surface area contributed by atoms with Gasteiger partial charge in [0.15, 0.2) is 5.13 Å². The highest BCUT2D eigenvalue weighted by atomic mass is 32.2. The van der Waals surface area contributed by atoms with E-state index < -0.39 is 33.7 Å². The maximum absolute atomic E-state index is 14.6. The minimum Gasteiger partial charge on any atom is -0.313 e. The number of halogens is 3. The van der Waals surface area contributed by atoms with Crippen molar-refractivity contribution in [3.63, 3.8) is 0 Å². The Bertz CT molecular complexity index is 1330. The Morgan fingerprint density at radius 2 is 1.91 bits per heavy atom. The third-order valence-corrected chi connectivity index (χ3v) is 6.02. The summed E-state index contributed by atoms with van der Waals surface area (Å²) >= 11 is 1.07. The number of nitrogens with one attached hydrogen (secondary N) is 1. The van der Waals surface area contributed by atoms with Crippen LogP contribution in [-0.2, 0) is 16.6 Å². The number of hydrogen-bond acceptors (Lipinski definition) is 7. The smallest absolute Gasteiger partial charge is 0.284 e. The lowest BCUT2D eigenvalue weighted by Crippen LogP contribution is -2.30. The molecule has 7 nitrogen and oxygen atoms in total. The lowest BCUT2D eigenvalue weighted by atomic mass is 10.1. The molecule has 0 spiro atoms. The molecule has 1 heterocycles. The van der Waals surface area contributed by atoms with Crippen molar-refractivity contribution < 1.29 is 26.4 Å². The summed E-state index contributed by atoms with van der Waals surface area (Å²) in [6, 6.07) is 11.4. The van der Waals surface area contributed by atoms with E-state index in [1.165, 1.54) is 23.1 Å². The summed E-state index contributed by atoms with van der Waals surface area (Å²) < 4.78 is 65.0. The first-order valence-corrected chi connectivity index (χ1v) is 12.0. The standard InChI is InChI=1S/C21H17F3N4O3S2/c1-12-18(20(29)27-33(2,30)31)26-21(32-12)28(16-7-3-13(10-25)4-8-16)11-15-6-5-14(19(23)24)9-17(15)22/h3-9,19H,11H2,1-2H3,(H,27,29). The van der Waals surface area contributed by atoms with Crippen molar-refractivity contribution in [3.8, 4) is 6.07 Å². The number of hydrogen-bond donors (Lipinski definition) is 1. The molecule has 0 bridgehead atoms. The van der Waals surface area contributed by atoms with Crippen molar-refractivity contribution in [1.29, 1.82) is 5.26 Å². The highest BCUT2D eigenvalue weighted by Gasteiger charge is 2.23.